The van der Waals surface area contributed by atoms with E-state index in [9.17, 15) is 4.79 Å². The Morgan fingerprint density at radius 2 is 1.84 bits per heavy atom. The number of aryl methyl sites for hydroxylation is 1. The van der Waals surface area contributed by atoms with Gasteiger partial charge in [0, 0.05) is 32.3 Å². The lowest BCUT2D eigenvalue weighted by molar-refractivity contribution is -0.117. The van der Waals surface area contributed by atoms with Gasteiger partial charge in [0.2, 0.25) is 0 Å². The van der Waals surface area contributed by atoms with Crippen LogP contribution in [0.4, 0.5) is 0 Å². The summed E-state index contributed by atoms with van der Waals surface area (Å²) in [6, 6.07) is 22.8. The van der Waals surface area contributed by atoms with Crippen molar-refractivity contribution in [2.45, 2.75) is 58.8 Å². The molecule has 1 N–H and O–H groups in total. The van der Waals surface area contributed by atoms with Crippen molar-refractivity contribution >= 4 is 16.6 Å². The van der Waals surface area contributed by atoms with Crippen LogP contribution in [0.15, 0.2) is 66.7 Å². The van der Waals surface area contributed by atoms with Gasteiger partial charge >= 0.3 is 0 Å². The average molecular weight is 513 g/mol. The zero-order valence-electron chi connectivity index (χ0n) is 23.0. The zero-order valence-corrected chi connectivity index (χ0v) is 23.0. The number of aromatic amines is 1. The molecule has 1 unspecified atom stereocenters. The minimum atomic E-state index is 0.173. The first-order chi connectivity index (χ1) is 18.5. The molecule has 5 heteroatoms. The summed E-state index contributed by atoms with van der Waals surface area (Å²) in [6.07, 6.45) is 6.03. The first-order valence-electron chi connectivity index (χ1n) is 13.8. The summed E-state index contributed by atoms with van der Waals surface area (Å²) in [7, 11) is 1.77. The van der Waals surface area contributed by atoms with Crippen LogP contribution in [0, 0.1) is 12.8 Å². The summed E-state index contributed by atoms with van der Waals surface area (Å²) in [5.41, 5.74) is 5.25. The van der Waals surface area contributed by atoms with Crippen LogP contribution in [-0.2, 0) is 28.8 Å². The third kappa shape index (κ3) is 8.03. The number of methoxy groups -OCH3 is 1. The molecule has 3 aromatic carbocycles. The highest BCUT2D eigenvalue weighted by atomic mass is 16.5. The van der Waals surface area contributed by atoms with Crippen molar-refractivity contribution in [2.75, 3.05) is 20.3 Å². The van der Waals surface area contributed by atoms with Gasteiger partial charge in [-0.25, -0.2) is 0 Å². The number of benzene rings is 3. The predicted octanol–water partition coefficient (Wildman–Crippen LogP) is 7.04. The van der Waals surface area contributed by atoms with Gasteiger partial charge in [0.05, 0.1) is 18.7 Å². The first kappa shape index (κ1) is 27.6. The van der Waals surface area contributed by atoms with Gasteiger partial charge in [0.25, 0.3) is 0 Å². The molecule has 0 saturated carbocycles. The number of nitrogens with zero attached hydrogens (tertiary/aromatic N) is 1. The van der Waals surface area contributed by atoms with E-state index in [1.807, 2.05) is 31.2 Å². The Morgan fingerprint density at radius 3 is 2.66 bits per heavy atom. The van der Waals surface area contributed by atoms with Crippen LogP contribution >= 0.6 is 0 Å². The Kier molecular flexibility index (Phi) is 10.1. The SMILES string of the molecule is CCC(CCCOc1ccc2c(Cc3cc(CC(=O)Cc4cccc(C)c4)n[nH]3)cccc2c1)CCOC. The number of hydrogen-bond donors (Lipinski definition) is 1. The molecule has 4 rings (SSSR count). The van der Waals surface area contributed by atoms with Gasteiger partial charge < -0.3 is 9.47 Å². The van der Waals surface area contributed by atoms with E-state index in [1.54, 1.807) is 7.11 Å². The zero-order chi connectivity index (χ0) is 26.7. The number of carbonyl (C=O) groups is 1. The molecule has 4 aromatic rings. The van der Waals surface area contributed by atoms with Crippen molar-refractivity contribution in [3.63, 3.8) is 0 Å². The van der Waals surface area contributed by atoms with Gasteiger partial charge in [-0.1, -0.05) is 67.4 Å². The fourth-order valence-corrected chi connectivity index (χ4v) is 5.08. The molecule has 200 valence electrons. The van der Waals surface area contributed by atoms with Crippen molar-refractivity contribution in [2.24, 2.45) is 5.92 Å². The molecule has 0 aliphatic rings. The highest BCUT2D eigenvalue weighted by Crippen LogP contribution is 2.26. The van der Waals surface area contributed by atoms with Crippen LogP contribution in [0.1, 0.15) is 60.7 Å². The Balaban J connectivity index is 1.32. The van der Waals surface area contributed by atoms with Gasteiger partial charge in [-0.2, -0.15) is 5.10 Å². The lowest BCUT2D eigenvalue weighted by Gasteiger charge is -2.14. The van der Waals surface area contributed by atoms with Gasteiger partial charge in [-0.05, 0) is 72.2 Å². The number of carbonyl (C=O) groups excluding carboxylic acids is 1. The second-order valence-corrected chi connectivity index (χ2v) is 10.3. The Bertz CT molecular complexity index is 1330. The minimum absolute atomic E-state index is 0.173. The number of hydrogen-bond acceptors (Lipinski definition) is 4. The largest absolute Gasteiger partial charge is 0.494 e. The first-order valence-corrected chi connectivity index (χ1v) is 13.8. The maximum absolute atomic E-state index is 12.6. The smallest absolute Gasteiger partial charge is 0.143 e. The Hall–Kier alpha value is -3.44. The topological polar surface area (TPSA) is 64.2 Å². The summed E-state index contributed by atoms with van der Waals surface area (Å²) in [5.74, 6) is 1.79. The number of fused-ring (bicyclic) bond motifs is 1. The van der Waals surface area contributed by atoms with E-state index in [0.717, 1.165) is 55.2 Å². The van der Waals surface area contributed by atoms with Crippen molar-refractivity contribution in [1.29, 1.82) is 0 Å². The van der Waals surface area contributed by atoms with E-state index in [1.165, 1.54) is 34.7 Å². The standard InChI is InChI=1S/C33H40N2O3/c1-4-25(15-17-37-3)10-7-16-38-32-13-14-33-27(11-6-12-28(33)21-32)20-29-22-30(35-34-29)23-31(36)19-26-9-5-8-24(2)18-26/h5-6,8-9,11-14,18,21-22,25H,4,7,10,15-17,19-20,23H2,1-3H3,(H,34,35). The van der Waals surface area contributed by atoms with Crippen molar-refractivity contribution < 1.29 is 14.3 Å². The highest BCUT2D eigenvalue weighted by molar-refractivity contribution is 5.87. The van der Waals surface area contributed by atoms with Crippen molar-refractivity contribution in [1.82, 2.24) is 10.2 Å². The third-order valence-electron chi connectivity index (χ3n) is 7.20. The molecule has 0 bridgehead atoms. The molecule has 0 spiro atoms. The normalized spacial score (nSPS) is 12.1. The molecule has 0 saturated heterocycles. The fourth-order valence-electron chi connectivity index (χ4n) is 5.08. The number of Topliss-reactive ketones (excluding diaryl/α,β-unsaturated/α-hetero) is 1. The van der Waals surface area contributed by atoms with E-state index in [-0.39, 0.29) is 5.78 Å². The molecule has 0 radical (unpaired) electrons. The summed E-state index contributed by atoms with van der Waals surface area (Å²) in [6.45, 7) is 5.86. The van der Waals surface area contributed by atoms with Crippen LogP contribution in [0.25, 0.3) is 10.8 Å². The summed E-state index contributed by atoms with van der Waals surface area (Å²) in [5, 5.41) is 9.92. The number of rotatable bonds is 15. The summed E-state index contributed by atoms with van der Waals surface area (Å²) in [4.78, 5) is 12.6. The Morgan fingerprint density at radius 1 is 0.974 bits per heavy atom. The van der Waals surface area contributed by atoms with Gasteiger partial charge in [0.15, 0.2) is 0 Å². The number of nitrogens with one attached hydrogen (secondary N) is 1. The molecule has 1 aromatic heterocycles. The maximum Gasteiger partial charge on any atom is 0.143 e. The molecular weight excluding hydrogens is 472 g/mol. The Labute approximate surface area is 226 Å². The maximum atomic E-state index is 12.6. The van der Waals surface area contributed by atoms with Crippen LogP contribution in [-0.4, -0.2) is 36.3 Å². The fraction of sp³-hybridized carbons (Fsp3) is 0.394. The van der Waals surface area contributed by atoms with Crippen LogP contribution in [0.2, 0.25) is 0 Å². The number of H-pyrrole nitrogens is 1. The lowest BCUT2D eigenvalue weighted by Crippen LogP contribution is -2.07. The summed E-state index contributed by atoms with van der Waals surface area (Å²) < 4.78 is 11.3. The van der Waals surface area contributed by atoms with Gasteiger partial charge in [-0.15, -0.1) is 0 Å². The monoisotopic (exact) mass is 512 g/mol. The van der Waals surface area contributed by atoms with E-state index in [0.29, 0.717) is 18.8 Å². The minimum Gasteiger partial charge on any atom is -0.494 e. The molecular formula is C33H40N2O3. The number of aromatic nitrogens is 2. The third-order valence-corrected chi connectivity index (χ3v) is 7.20. The van der Waals surface area contributed by atoms with Gasteiger partial charge in [-0.3, -0.25) is 9.89 Å². The van der Waals surface area contributed by atoms with E-state index in [4.69, 9.17) is 9.47 Å². The molecule has 5 nitrogen and oxygen atoms in total. The summed E-state index contributed by atoms with van der Waals surface area (Å²) >= 11 is 0. The average Bonchev–Trinajstić information content (AvgIpc) is 3.34. The van der Waals surface area contributed by atoms with Crippen molar-refractivity contribution in [3.8, 4) is 5.75 Å². The molecule has 1 atom stereocenters. The van der Waals surface area contributed by atoms with Gasteiger partial charge in [0.1, 0.15) is 11.5 Å². The van der Waals surface area contributed by atoms with E-state index in [2.05, 4.69) is 59.6 Å². The quantitative estimate of drug-likeness (QED) is 0.174. The highest BCUT2D eigenvalue weighted by Gasteiger charge is 2.11. The molecule has 0 amide bonds. The van der Waals surface area contributed by atoms with Crippen LogP contribution in [0.5, 0.6) is 5.75 Å². The molecule has 38 heavy (non-hydrogen) atoms. The molecule has 0 aliphatic carbocycles. The predicted molar refractivity (Wildman–Crippen MR) is 154 cm³/mol. The van der Waals surface area contributed by atoms with E-state index >= 15 is 0 Å². The van der Waals surface area contributed by atoms with Crippen molar-refractivity contribution in [3.05, 3.63) is 94.8 Å². The van der Waals surface area contributed by atoms with E-state index < -0.39 is 0 Å². The number of ketones is 1. The second kappa shape index (κ2) is 13.9. The molecule has 0 aliphatic heterocycles. The van der Waals surface area contributed by atoms with Crippen LogP contribution < -0.4 is 4.74 Å². The second-order valence-electron chi connectivity index (χ2n) is 10.3. The molecule has 0 fully saturated rings. The number of ether oxygens (including phenoxy) is 2. The van der Waals surface area contributed by atoms with Crippen LogP contribution in [0.3, 0.4) is 0 Å². The molecule has 1 heterocycles. The lowest BCUT2D eigenvalue weighted by atomic mass is 9.97.